The number of nitrogens with one attached hydrogen (secondary N) is 4. The van der Waals surface area contributed by atoms with Crippen molar-refractivity contribution < 1.29 is 23.9 Å². The predicted molar refractivity (Wildman–Crippen MR) is 223 cm³/mol. The number of carbonyl (C=O) groups excluding carboxylic acids is 4. The van der Waals surface area contributed by atoms with E-state index in [2.05, 4.69) is 98.0 Å². The Labute approximate surface area is 332 Å². The summed E-state index contributed by atoms with van der Waals surface area (Å²) in [7, 11) is 1.27. The molecule has 4 aromatic heterocycles. The van der Waals surface area contributed by atoms with E-state index in [0.29, 0.717) is 0 Å². The summed E-state index contributed by atoms with van der Waals surface area (Å²) >= 11 is 3.58. The average Bonchev–Trinajstić information content (AvgIpc) is 4.04. The molecule has 0 radical (unpaired) electrons. The van der Waals surface area contributed by atoms with Crippen LogP contribution in [-0.2, 0) is 19.1 Å². The van der Waals surface area contributed by atoms with Crippen molar-refractivity contribution in [1.29, 1.82) is 0 Å². The Balaban J connectivity index is 0.000000224. The van der Waals surface area contributed by atoms with E-state index in [4.69, 9.17) is 0 Å². The molecule has 298 valence electrons. The van der Waals surface area contributed by atoms with E-state index in [1.165, 1.54) is 53.0 Å². The van der Waals surface area contributed by atoms with Gasteiger partial charge in [0.05, 0.1) is 59.5 Å². The van der Waals surface area contributed by atoms with Gasteiger partial charge in [-0.15, -0.1) is 22.7 Å². The normalized spacial score (nSPS) is 12.8. The number of alkyl carbamates (subject to hydrolysis) is 1. The molecule has 15 heteroatoms. The minimum atomic E-state index is -0.562. The number of aromatic amines is 2. The first kappa shape index (κ1) is 44.4. The third-order valence-corrected chi connectivity index (χ3v) is 10.2. The molecule has 0 atom stereocenters. The fourth-order valence-electron chi connectivity index (χ4n) is 5.43. The van der Waals surface area contributed by atoms with Gasteiger partial charge in [0.2, 0.25) is 17.7 Å². The average molecular weight is 793 g/mol. The molecule has 0 spiro atoms. The number of benzene rings is 1. The second-order valence-corrected chi connectivity index (χ2v) is 14.6. The molecular formula is C40H56N8O5S2. The van der Waals surface area contributed by atoms with Crippen molar-refractivity contribution in [3.63, 3.8) is 0 Å². The molecule has 6 heterocycles. The van der Waals surface area contributed by atoms with Crippen molar-refractivity contribution in [1.82, 2.24) is 40.4 Å². The Bertz CT molecular complexity index is 1840. The van der Waals surface area contributed by atoms with Crippen LogP contribution in [0.2, 0.25) is 0 Å². The van der Waals surface area contributed by atoms with Crippen LogP contribution >= 0.6 is 22.7 Å². The van der Waals surface area contributed by atoms with Crippen molar-refractivity contribution in [2.24, 2.45) is 0 Å². The van der Waals surface area contributed by atoms with Gasteiger partial charge in [0.15, 0.2) is 0 Å². The first-order valence-corrected chi connectivity index (χ1v) is 20.6. The van der Waals surface area contributed by atoms with Crippen LogP contribution < -0.4 is 10.6 Å². The molecule has 0 unspecified atom stereocenters. The molecule has 0 saturated carbocycles. The lowest BCUT2D eigenvalue weighted by molar-refractivity contribution is -0.131. The molecule has 2 aliphatic rings. The molecular weight excluding hydrogens is 737 g/mol. The van der Waals surface area contributed by atoms with E-state index >= 15 is 0 Å². The van der Waals surface area contributed by atoms with Crippen LogP contribution in [0.15, 0.2) is 60.1 Å². The van der Waals surface area contributed by atoms with E-state index in [1.807, 2.05) is 12.4 Å². The summed E-state index contributed by atoms with van der Waals surface area (Å²) in [6.07, 6.45) is 13.4. The highest BCUT2D eigenvalue weighted by Crippen LogP contribution is 2.43. The number of ether oxygens (including phenoxy) is 1. The molecule has 5 aromatic rings. The van der Waals surface area contributed by atoms with Crippen LogP contribution in [0.1, 0.15) is 73.1 Å². The van der Waals surface area contributed by atoms with Crippen molar-refractivity contribution >= 4 is 55.9 Å². The summed E-state index contributed by atoms with van der Waals surface area (Å²) in [6, 6.07) is 8.62. The van der Waals surface area contributed by atoms with E-state index < -0.39 is 6.09 Å². The molecule has 1 aromatic carbocycles. The molecule has 55 heavy (non-hydrogen) atoms. The summed E-state index contributed by atoms with van der Waals surface area (Å²) < 4.78 is 6.99. The predicted octanol–water partition coefficient (Wildman–Crippen LogP) is 7.95. The van der Waals surface area contributed by atoms with Crippen molar-refractivity contribution in [2.75, 3.05) is 46.4 Å². The molecule has 13 nitrogen and oxygen atoms in total. The van der Waals surface area contributed by atoms with Gasteiger partial charge in [-0.25, -0.2) is 14.8 Å². The second-order valence-electron chi connectivity index (χ2n) is 12.8. The number of fused-ring (bicyclic) bond motifs is 1. The SMILES string of the molecule is CC(=O)NCC(=O)N1CCCC1.CCC.CCC.COC(=O)NCC(=O)N1CCCC1.c1ncc(-c2ccc(-c3csc4c(-c5cnc[nH]5)csc34)cc2)[nH]1. The maximum atomic E-state index is 11.3. The Hall–Kier alpha value is -5.02. The molecule has 2 aliphatic heterocycles. The fraction of sp³-hybridized carbons (Fsp3) is 0.450. The fourth-order valence-corrected chi connectivity index (χ4v) is 7.87. The largest absolute Gasteiger partial charge is 0.453 e. The number of hydrogen-bond donors (Lipinski definition) is 4. The smallest absolute Gasteiger partial charge is 0.407 e. The van der Waals surface area contributed by atoms with Crippen LogP contribution in [0.3, 0.4) is 0 Å². The highest BCUT2D eigenvalue weighted by atomic mass is 32.1. The lowest BCUT2D eigenvalue weighted by Crippen LogP contribution is -2.38. The molecule has 2 saturated heterocycles. The second kappa shape index (κ2) is 24.4. The lowest BCUT2D eigenvalue weighted by Gasteiger charge is -2.14. The first-order valence-electron chi connectivity index (χ1n) is 18.8. The Kier molecular flexibility index (Phi) is 19.7. The number of imidazole rings is 2. The van der Waals surface area contributed by atoms with Gasteiger partial charge in [0.25, 0.3) is 0 Å². The van der Waals surface area contributed by atoms with Crippen molar-refractivity contribution in [2.45, 2.75) is 73.1 Å². The Morgan fingerprint density at radius 3 is 1.58 bits per heavy atom. The minimum absolute atomic E-state index is 0.0303. The van der Waals surface area contributed by atoms with Gasteiger partial charge in [-0.05, 0) is 36.8 Å². The Morgan fingerprint density at radius 1 is 0.691 bits per heavy atom. The van der Waals surface area contributed by atoms with Crippen molar-refractivity contribution in [3.8, 4) is 33.6 Å². The number of methoxy groups -OCH3 is 1. The summed E-state index contributed by atoms with van der Waals surface area (Å²) in [4.78, 5) is 61.8. The third kappa shape index (κ3) is 14.3. The van der Waals surface area contributed by atoms with Crippen LogP contribution in [-0.4, -0.2) is 99.9 Å². The van der Waals surface area contributed by atoms with E-state index in [0.717, 1.165) is 68.8 Å². The molecule has 4 N–H and O–H groups in total. The van der Waals surface area contributed by atoms with Gasteiger partial charge >= 0.3 is 6.09 Å². The van der Waals surface area contributed by atoms with Crippen molar-refractivity contribution in [3.05, 3.63) is 60.1 Å². The van der Waals surface area contributed by atoms with Crippen LogP contribution in [0, 0.1) is 0 Å². The Morgan fingerprint density at radius 2 is 1.13 bits per heavy atom. The molecule has 7 rings (SSSR count). The molecule has 0 bridgehead atoms. The monoisotopic (exact) mass is 792 g/mol. The standard InChI is InChI=1S/C18H12N4S2.C8H14N2O3.C8H14N2O2.2C3H8/c1-3-12(15-5-19-9-21-15)4-2-11(1)13-7-23-18-14(8-24-17(13)18)16-6-20-10-22-16;1-13-8(12)9-6-7(11)10-4-2-3-5-10;1-7(11)9-6-8(12)10-4-2-3-5-10;2*1-3-2/h1-10H,(H,19,21)(H,20,22);2-6H2,1H3,(H,9,12);2-6H2,1H3,(H,9,11);2*3H2,1-2H3. The quantitative estimate of drug-likeness (QED) is 0.130. The summed E-state index contributed by atoms with van der Waals surface area (Å²) in [6.45, 7) is 13.4. The molecule has 0 aliphatic carbocycles. The topological polar surface area (TPSA) is 165 Å². The summed E-state index contributed by atoms with van der Waals surface area (Å²) in [5.41, 5.74) is 7.02. The number of nitrogens with zero attached hydrogens (tertiary/aromatic N) is 4. The lowest BCUT2D eigenvalue weighted by atomic mass is 10.1. The van der Waals surface area contributed by atoms with Gasteiger partial charge < -0.3 is 35.1 Å². The maximum Gasteiger partial charge on any atom is 0.407 e. The van der Waals surface area contributed by atoms with Gasteiger partial charge in [0, 0.05) is 55.0 Å². The van der Waals surface area contributed by atoms with Gasteiger partial charge in [0.1, 0.15) is 6.54 Å². The minimum Gasteiger partial charge on any atom is -0.453 e. The zero-order valence-electron chi connectivity index (χ0n) is 32.9. The third-order valence-electron chi connectivity index (χ3n) is 8.05. The zero-order chi connectivity index (χ0) is 40.0. The first-order chi connectivity index (χ1) is 26.7. The number of thiophene rings is 2. The molecule has 4 amide bonds. The number of hydrogen-bond acceptors (Lipinski definition) is 9. The highest BCUT2D eigenvalue weighted by Gasteiger charge is 2.19. The summed E-state index contributed by atoms with van der Waals surface area (Å²) in [5, 5.41) is 9.30. The highest BCUT2D eigenvalue weighted by molar-refractivity contribution is 7.27. The maximum absolute atomic E-state index is 11.3. The zero-order valence-corrected chi connectivity index (χ0v) is 34.5. The number of amides is 4. The van der Waals surface area contributed by atoms with E-state index in [-0.39, 0.29) is 30.8 Å². The number of likely N-dealkylation sites (tertiary alicyclic amines) is 2. The van der Waals surface area contributed by atoms with Crippen LogP contribution in [0.25, 0.3) is 43.0 Å². The van der Waals surface area contributed by atoms with Gasteiger partial charge in [-0.3, -0.25) is 14.4 Å². The van der Waals surface area contributed by atoms with Gasteiger partial charge in [-0.2, -0.15) is 0 Å². The number of carbonyl (C=O) groups is 4. The van der Waals surface area contributed by atoms with Crippen LogP contribution in [0.4, 0.5) is 4.79 Å². The van der Waals surface area contributed by atoms with Gasteiger partial charge in [-0.1, -0.05) is 64.8 Å². The number of H-pyrrole nitrogens is 2. The number of rotatable bonds is 7. The molecule has 2 fully saturated rings. The van der Waals surface area contributed by atoms with E-state index in [9.17, 15) is 19.2 Å². The number of aromatic nitrogens is 4. The van der Waals surface area contributed by atoms with Crippen LogP contribution in [0.5, 0.6) is 0 Å². The van der Waals surface area contributed by atoms with E-state index in [1.54, 1.807) is 45.1 Å². The summed E-state index contributed by atoms with van der Waals surface area (Å²) in [5.74, 6) is -0.159.